The number of para-hydroxylation sites is 2. The van der Waals surface area contributed by atoms with Crippen LogP contribution in [-0.2, 0) is 5.41 Å². The predicted octanol–water partition coefficient (Wildman–Crippen LogP) is 11.9. The molecule has 9 aromatic rings. The molecule has 0 atom stereocenters. The van der Waals surface area contributed by atoms with Gasteiger partial charge in [0.1, 0.15) is 0 Å². The number of rotatable bonds is 5. The zero-order valence-electron chi connectivity index (χ0n) is 29.0. The molecule has 0 N–H and O–H groups in total. The van der Waals surface area contributed by atoms with E-state index in [9.17, 15) is 0 Å². The minimum Gasteiger partial charge on any atom is -0.309 e. The molecule has 7 aromatic carbocycles. The highest BCUT2D eigenvalue weighted by molar-refractivity contribution is 6.17. The van der Waals surface area contributed by atoms with Crippen molar-refractivity contribution in [2.45, 2.75) is 19.3 Å². The van der Waals surface area contributed by atoms with Crippen molar-refractivity contribution in [1.82, 2.24) is 19.5 Å². The quantitative estimate of drug-likeness (QED) is 0.184. The van der Waals surface area contributed by atoms with Crippen molar-refractivity contribution in [1.29, 1.82) is 0 Å². The summed E-state index contributed by atoms with van der Waals surface area (Å²) in [6.07, 6.45) is 0. The summed E-state index contributed by atoms with van der Waals surface area (Å²) in [5.41, 5.74) is 13.7. The molecule has 0 saturated carbocycles. The largest absolute Gasteiger partial charge is 0.309 e. The highest BCUT2D eigenvalue weighted by atomic mass is 15.0. The Morgan fingerprint density at radius 2 is 0.942 bits per heavy atom. The van der Waals surface area contributed by atoms with Crippen LogP contribution in [0.2, 0.25) is 0 Å². The molecule has 0 amide bonds. The van der Waals surface area contributed by atoms with Gasteiger partial charge in [0.05, 0.1) is 11.0 Å². The van der Waals surface area contributed by atoms with Gasteiger partial charge in [-0.15, -0.1) is 0 Å². The van der Waals surface area contributed by atoms with E-state index in [2.05, 4.69) is 152 Å². The molecule has 1 aliphatic rings. The third-order valence-electron chi connectivity index (χ3n) is 10.6. The molecule has 2 heterocycles. The molecule has 0 bridgehead atoms. The summed E-state index contributed by atoms with van der Waals surface area (Å²) in [6, 6.07) is 60.0. The van der Waals surface area contributed by atoms with Crippen LogP contribution in [0, 0.1) is 0 Å². The molecule has 10 rings (SSSR count). The number of benzene rings is 7. The second-order valence-electron chi connectivity index (χ2n) is 14.0. The van der Waals surface area contributed by atoms with Crippen molar-refractivity contribution < 1.29 is 0 Å². The number of hydrogen-bond donors (Lipinski definition) is 0. The lowest BCUT2D eigenvalue weighted by atomic mass is 9.78. The zero-order valence-corrected chi connectivity index (χ0v) is 29.0. The summed E-state index contributed by atoms with van der Waals surface area (Å²) < 4.78 is 2.39. The Hall–Kier alpha value is -6.65. The molecule has 2 aromatic heterocycles. The molecule has 0 unspecified atom stereocenters. The normalized spacial score (nSPS) is 13.0. The smallest absolute Gasteiger partial charge is 0.164 e. The minimum atomic E-state index is -0.198. The van der Waals surface area contributed by atoms with Gasteiger partial charge in [-0.2, -0.15) is 0 Å². The molecule has 246 valence electrons. The summed E-state index contributed by atoms with van der Waals surface area (Å²) in [4.78, 5) is 15.4. The first-order valence-electron chi connectivity index (χ1n) is 17.8. The van der Waals surface area contributed by atoms with E-state index >= 15 is 0 Å². The van der Waals surface area contributed by atoms with Gasteiger partial charge in [-0.05, 0) is 63.7 Å². The first kappa shape index (κ1) is 30.2. The third kappa shape index (κ3) is 4.65. The van der Waals surface area contributed by atoms with Crippen LogP contribution >= 0.6 is 0 Å². The molecular formula is C48H34N4. The Labute approximate surface area is 302 Å². The lowest BCUT2D eigenvalue weighted by Gasteiger charge is -2.25. The Kier molecular flexibility index (Phi) is 6.80. The standard InChI is InChI=1S/C48H34N4/c1-48(2)40-27-14-12-23-35(40)36-25-16-26-37(44(36)48)39-29-33(30-42-43(39)38-24-13-15-28-41(38)52(42)34-21-10-5-11-22-34)47-50-45(31-17-6-3-7-18-31)49-46(51-47)32-19-8-4-9-20-32/h3-30H,1-2H3. The molecule has 0 spiro atoms. The molecular weight excluding hydrogens is 633 g/mol. The van der Waals surface area contributed by atoms with E-state index in [1.807, 2.05) is 36.4 Å². The molecule has 1 aliphatic carbocycles. The molecule has 0 saturated heterocycles. The van der Waals surface area contributed by atoms with E-state index in [1.54, 1.807) is 0 Å². The summed E-state index contributed by atoms with van der Waals surface area (Å²) >= 11 is 0. The summed E-state index contributed by atoms with van der Waals surface area (Å²) in [6.45, 7) is 4.72. The Morgan fingerprint density at radius 1 is 0.423 bits per heavy atom. The van der Waals surface area contributed by atoms with Gasteiger partial charge >= 0.3 is 0 Å². The van der Waals surface area contributed by atoms with Crippen LogP contribution in [-0.4, -0.2) is 19.5 Å². The van der Waals surface area contributed by atoms with Crippen LogP contribution in [0.15, 0.2) is 170 Å². The topological polar surface area (TPSA) is 43.6 Å². The van der Waals surface area contributed by atoms with Crippen LogP contribution in [0.1, 0.15) is 25.0 Å². The predicted molar refractivity (Wildman–Crippen MR) is 213 cm³/mol. The fourth-order valence-corrected chi connectivity index (χ4v) is 8.30. The van der Waals surface area contributed by atoms with Crippen molar-refractivity contribution in [2.24, 2.45) is 0 Å². The summed E-state index contributed by atoms with van der Waals surface area (Å²) in [5, 5.41) is 2.42. The first-order valence-corrected chi connectivity index (χ1v) is 17.8. The van der Waals surface area contributed by atoms with Gasteiger partial charge in [-0.1, -0.05) is 153 Å². The molecule has 0 fully saturated rings. The van der Waals surface area contributed by atoms with Gasteiger partial charge in [0.15, 0.2) is 17.5 Å². The highest BCUT2D eigenvalue weighted by Gasteiger charge is 2.38. The van der Waals surface area contributed by atoms with E-state index in [0.717, 1.165) is 33.4 Å². The van der Waals surface area contributed by atoms with E-state index < -0.39 is 0 Å². The highest BCUT2D eigenvalue weighted by Crippen LogP contribution is 2.53. The van der Waals surface area contributed by atoms with Crippen molar-refractivity contribution in [3.05, 3.63) is 181 Å². The van der Waals surface area contributed by atoms with Gasteiger partial charge in [0, 0.05) is 38.6 Å². The maximum atomic E-state index is 5.20. The molecule has 4 heteroatoms. The lowest BCUT2D eigenvalue weighted by Crippen LogP contribution is -2.16. The van der Waals surface area contributed by atoms with Crippen molar-refractivity contribution in [3.63, 3.8) is 0 Å². The average Bonchev–Trinajstić information content (AvgIpc) is 3.67. The Balaban J connectivity index is 1.33. The van der Waals surface area contributed by atoms with Gasteiger partial charge in [0.25, 0.3) is 0 Å². The van der Waals surface area contributed by atoms with Gasteiger partial charge in [-0.25, -0.2) is 15.0 Å². The van der Waals surface area contributed by atoms with Crippen molar-refractivity contribution in [3.8, 4) is 62.1 Å². The lowest BCUT2D eigenvalue weighted by molar-refractivity contribution is 0.662. The van der Waals surface area contributed by atoms with Crippen molar-refractivity contribution in [2.75, 3.05) is 0 Å². The van der Waals surface area contributed by atoms with Crippen LogP contribution in [0.5, 0.6) is 0 Å². The van der Waals surface area contributed by atoms with Crippen molar-refractivity contribution >= 4 is 21.8 Å². The van der Waals surface area contributed by atoms with Gasteiger partial charge < -0.3 is 4.57 Å². The number of nitrogens with zero attached hydrogens (tertiary/aromatic N) is 4. The van der Waals surface area contributed by atoms with Gasteiger partial charge in [0.2, 0.25) is 0 Å². The van der Waals surface area contributed by atoms with E-state index in [-0.39, 0.29) is 5.41 Å². The first-order chi connectivity index (χ1) is 25.6. The van der Waals surface area contributed by atoms with Gasteiger partial charge in [-0.3, -0.25) is 0 Å². The fraction of sp³-hybridized carbons (Fsp3) is 0.0625. The number of fused-ring (bicyclic) bond motifs is 6. The second-order valence-corrected chi connectivity index (χ2v) is 14.0. The minimum absolute atomic E-state index is 0.198. The van der Waals surface area contributed by atoms with E-state index in [0.29, 0.717) is 17.5 Å². The maximum absolute atomic E-state index is 5.20. The second kappa shape index (κ2) is 11.7. The fourth-order valence-electron chi connectivity index (χ4n) is 8.30. The van der Waals surface area contributed by atoms with E-state index in [1.165, 1.54) is 44.2 Å². The summed E-state index contributed by atoms with van der Waals surface area (Å²) in [5.74, 6) is 1.93. The molecule has 52 heavy (non-hydrogen) atoms. The number of aromatic nitrogens is 4. The van der Waals surface area contributed by atoms with Crippen LogP contribution in [0.25, 0.3) is 83.9 Å². The monoisotopic (exact) mass is 666 g/mol. The molecule has 0 radical (unpaired) electrons. The SMILES string of the molecule is CC1(C)c2ccccc2-c2cccc(-c3cc(-c4nc(-c5ccccc5)nc(-c5ccccc5)n4)cc4c3c3ccccc3n4-c3ccccc3)c21. The number of hydrogen-bond acceptors (Lipinski definition) is 3. The zero-order chi connectivity index (χ0) is 34.8. The Morgan fingerprint density at radius 3 is 1.62 bits per heavy atom. The Bertz CT molecular complexity index is 2740. The average molecular weight is 667 g/mol. The summed E-state index contributed by atoms with van der Waals surface area (Å²) in [7, 11) is 0. The molecule has 4 nitrogen and oxygen atoms in total. The van der Waals surface area contributed by atoms with E-state index in [4.69, 9.17) is 15.0 Å². The molecule has 0 aliphatic heterocycles. The van der Waals surface area contributed by atoms with Crippen LogP contribution < -0.4 is 0 Å². The third-order valence-corrected chi connectivity index (χ3v) is 10.6. The van der Waals surface area contributed by atoms with Crippen LogP contribution in [0.3, 0.4) is 0 Å². The maximum Gasteiger partial charge on any atom is 0.164 e. The van der Waals surface area contributed by atoms with Crippen LogP contribution in [0.4, 0.5) is 0 Å².